The van der Waals surface area contributed by atoms with Gasteiger partial charge in [-0.3, -0.25) is 0 Å². The lowest BCUT2D eigenvalue weighted by Crippen LogP contribution is -2.63. The van der Waals surface area contributed by atoms with E-state index in [1.54, 1.807) is 29.2 Å². The number of benzene rings is 2. The van der Waals surface area contributed by atoms with Crippen molar-refractivity contribution >= 4 is 17.6 Å². The maximum absolute atomic E-state index is 13.0. The van der Waals surface area contributed by atoms with Crippen molar-refractivity contribution in [1.29, 1.82) is 0 Å². The van der Waals surface area contributed by atoms with Crippen molar-refractivity contribution in [3.8, 4) is 0 Å². The number of β-amino-alcohol motifs (C(OH)–C–C–N with tert-alkyl or cyclic N) is 1. The van der Waals surface area contributed by atoms with Crippen molar-refractivity contribution in [2.45, 2.75) is 25.0 Å². The highest BCUT2D eigenvalue weighted by atomic mass is 35.5. The number of hydrogen-bond acceptors (Lipinski definition) is 2. The Labute approximate surface area is 151 Å². The average molecular weight is 363 g/mol. The predicted molar refractivity (Wildman–Crippen MR) is 94.9 cm³/mol. The zero-order valence-electron chi connectivity index (χ0n) is 13.9. The number of carbonyl (C=O) groups excluding carboxylic acids is 1. The fourth-order valence-corrected chi connectivity index (χ4v) is 3.15. The molecular formula is C19H20ClFN2O2. The van der Waals surface area contributed by atoms with Crippen LogP contribution in [0, 0.1) is 5.82 Å². The molecule has 1 saturated heterocycles. The highest BCUT2D eigenvalue weighted by Gasteiger charge is 2.45. The number of nitrogens with one attached hydrogen (secondary N) is 1. The number of amides is 2. The summed E-state index contributed by atoms with van der Waals surface area (Å²) in [6, 6.07) is 12.7. The van der Waals surface area contributed by atoms with Crippen molar-refractivity contribution in [3.63, 3.8) is 0 Å². The van der Waals surface area contributed by atoms with Gasteiger partial charge in [0.25, 0.3) is 0 Å². The monoisotopic (exact) mass is 362 g/mol. The van der Waals surface area contributed by atoms with Crippen LogP contribution in [0.1, 0.15) is 30.5 Å². The molecule has 3 rings (SSSR count). The number of hydrogen-bond donors (Lipinski definition) is 2. The molecule has 0 unspecified atom stereocenters. The van der Waals surface area contributed by atoms with Crippen molar-refractivity contribution < 1.29 is 14.3 Å². The molecule has 1 aliphatic heterocycles. The second kappa shape index (κ2) is 7.02. The van der Waals surface area contributed by atoms with Gasteiger partial charge in [-0.1, -0.05) is 42.8 Å². The minimum absolute atomic E-state index is 0.121. The van der Waals surface area contributed by atoms with Crippen LogP contribution in [-0.4, -0.2) is 29.1 Å². The molecule has 2 amide bonds. The van der Waals surface area contributed by atoms with Gasteiger partial charge in [0.2, 0.25) is 0 Å². The van der Waals surface area contributed by atoms with Gasteiger partial charge in [0.1, 0.15) is 11.4 Å². The third-order valence-corrected chi connectivity index (χ3v) is 4.80. The summed E-state index contributed by atoms with van der Waals surface area (Å²) in [7, 11) is 0. The number of halogens is 2. The van der Waals surface area contributed by atoms with Crippen LogP contribution in [0.4, 0.5) is 9.18 Å². The molecule has 6 heteroatoms. The van der Waals surface area contributed by atoms with Gasteiger partial charge in [-0.15, -0.1) is 0 Å². The molecule has 4 nitrogen and oxygen atoms in total. The van der Waals surface area contributed by atoms with Gasteiger partial charge in [-0.2, -0.15) is 0 Å². The van der Waals surface area contributed by atoms with Crippen LogP contribution in [0.5, 0.6) is 0 Å². The van der Waals surface area contributed by atoms with E-state index in [1.165, 1.54) is 12.1 Å². The van der Waals surface area contributed by atoms with Crippen molar-refractivity contribution in [2.75, 3.05) is 13.1 Å². The van der Waals surface area contributed by atoms with Crippen molar-refractivity contribution in [1.82, 2.24) is 10.2 Å². The Bertz CT molecular complexity index is 743. The molecule has 2 aromatic rings. The van der Waals surface area contributed by atoms with Crippen molar-refractivity contribution in [2.24, 2.45) is 0 Å². The van der Waals surface area contributed by atoms with Crippen LogP contribution in [0.2, 0.25) is 5.02 Å². The summed E-state index contributed by atoms with van der Waals surface area (Å²) in [5.41, 5.74) is 0.477. The second-order valence-corrected chi connectivity index (χ2v) is 6.79. The molecule has 0 saturated carbocycles. The summed E-state index contributed by atoms with van der Waals surface area (Å²) in [5, 5.41) is 14.2. The summed E-state index contributed by atoms with van der Waals surface area (Å²) < 4.78 is 13.0. The molecule has 1 fully saturated rings. The van der Waals surface area contributed by atoms with Crippen molar-refractivity contribution in [3.05, 3.63) is 70.5 Å². The van der Waals surface area contributed by atoms with Crippen LogP contribution in [-0.2, 0) is 5.60 Å². The fourth-order valence-electron chi connectivity index (χ4n) is 3.03. The number of nitrogens with zero attached hydrogens (tertiary/aromatic N) is 1. The first kappa shape index (κ1) is 17.7. The summed E-state index contributed by atoms with van der Waals surface area (Å²) in [5.74, 6) is -0.352. The number of urea groups is 1. The van der Waals surface area contributed by atoms with E-state index in [0.29, 0.717) is 10.6 Å². The molecular weight excluding hydrogens is 343 g/mol. The SMILES string of the molecule is CC[C@@H](NC(=O)N1CC(O)(c2ccc(F)cc2)C1)c1ccc(Cl)cc1. The molecule has 0 spiro atoms. The second-order valence-electron chi connectivity index (χ2n) is 6.36. The van der Waals surface area contributed by atoms with E-state index in [4.69, 9.17) is 11.6 Å². The molecule has 0 aromatic heterocycles. The molecule has 0 radical (unpaired) electrons. The third kappa shape index (κ3) is 3.78. The molecule has 0 bridgehead atoms. The first-order chi connectivity index (χ1) is 11.9. The normalized spacial score (nSPS) is 16.9. The van der Waals surface area contributed by atoms with Gasteiger partial charge >= 0.3 is 6.03 Å². The quantitative estimate of drug-likeness (QED) is 0.868. The Morgan fingerprint density at radius 2 is 1.84 bits per heavy atom. The van der Waals surface area contributed by atoms with Crippen LogP contribution >= 0.6 is 11.6 Å². The number of aliphatic hydroxyl groups is 1. The van der Waals surface area contributed by atoms with Crippen LogP contribution < -0.4 is 5.32 Å². The molecule has 25 heavy (non-hydrogen) atoms. The topological polar surface area (TPSA) is 52.6 Å². The van der Waals surface area contributed by atoms with Gasteiger partial charge in [0, 0.05) is 5.02 Å². The largest absolute Gasteiger partial charge is 0.381 e. The highest BCUT2D eigenvalue weighted by molar-refractivity contribution is 6.30. The lowest BCUT2D eigenvalue weighted by molar-refractivity contribution is -0.0820. The predicted octanol–water partition coefficient (Wildman–Crippen LogP) is 3.84. The van der Waals surface area contributed by atoms with Gasteiger partial charge < -0.3 is 15.3 Å². The highest BCUT2D eigenvalue weighted by Crippen LogP contribution is 2.32. The number of likely N-dealkylation sites (tertiary alicyclic amines) is 1. The van der Waals surface area contributed by atoms with E-state index in [0.717, 1.165) is 12.0 Å². The zero-order valence-corrected chi connectivity index (χ0v) is 14.6. The minimum Gasteiger partial charge on any atom is -0.381 e. The Morgan fingerprint density at radius 1 is 1.24 bits per heavy atom. The molecule has 1 heterocycles. The summed E-state index contributed by atoms with van der Waals surface area (Å²) in [6.07, 6.45) is 0.740. The summed E-state index contributed by atoms with van der Waals surface area (Å²) >= 11 is 5.90. The fraction of sp³-hybridized carbons (Fsp3) is 0.316. The van der Waals surface area contributed by atoms with E-state index in [2.05, 4.69) is 5.32 Å². The standard InChI is InChI=1S/C19H20ClFN2O2/c1-2-17(13-3-7-15(20)8-4-13)22-18(24)23-11-19(25,12-23)14-5-9-16(21)10-6-14/h3-10,17,25H,2,11-12H2,1H3,(H,22,24)/t17-/m1/s1. The molecule has 2 N–H and O–H groups in total. The van der Waals surface area contributed by atoms with Crippen LogP contribution in [0.3, 0.4) is 0 Å². The van der Waals surface area contributed by atoms with E-state index in [-0.39, 0.29) is 31.0 Å². The summed E-state index contributed by atoms with van der Waals surface area (Å²) in [4.78, 5) is 14.0. The Hall–Kier alpha value is -2.11. The van der Waals surface area contributed by atoms with Gasteiger partial charge in [-0.05, 0) is 41.8 Å². The van der Waals surface area contributed by atoms with E-state index in [9.17, 15) is 14.3 Å². The van der Waals surface area contributed by atoms with E-state index < -0.39 is 5.60 Å². The van der Waals surface area contributed by atoms with Gasteiger partial charge in [0.05, 0.1) is 19.1 Å². The lowest BCUT2D eigenvalue weighted by Gasteiger charge is -2.47. The zero-order chi connectivity index (χ0) is 18.0. The molecule has 0 aliphatic carbocycles. The maximum atomic E-state index is 13.0. The molecule has 1 atom stereocenters. The third-order valence-electron chi connectivity index (χ3n) is 4.55. The van der Waals surface area contributed by atoms with Gasteiger partial charge in [0.15, 0.2) is 0 Å². The van der Waals surface area contributed by atoms with Crippen LogP contribution in [0.25, 0.3) is 0 Å². The Kier molecular flexibility index (Phi) is 4.97. The van der Waals surface area contributed by atoms with E-state index in [1.807, 2.05) is 19.1 Å². The molecule has 2 aromatic carbocycles. The molecule has 132 valence electrons. The minimum atomic E-state index is -1.12. The van der Waals surface area contributed by atoms with Crippen LogP contribution in [0.15, 0.2) is 48.5 Å². The van der Waals surface area contributed by atoms with Gasteiger partial charge in [-0.25, -0.2) is 9.18 Å². The Balaban J connectivity index is 1.61. The lowest BCUT2D eigenvalue weighted by atomic mass is 9.86. The Morgan fingerprint density at radius 3 is 2.40 bits per heavy atom. The first-order valence-corrected chi connectivity index (χ1v) is 8.58. The molecule has 1 aliphatic rings. The first-order valence-electron chi connectivity index (χ1n) is 8.20. The van der Waals surface area contributed by atoms with E-state index >= 15 is 0 Å². The maximum Gasteiger partial charge on any atom is 0.318 e. The smallest absolute Gasteiger partial charge is 0.318 e. The average Bonchev–Trinajstić information content (AvgIpc) is 2.58. The number of rotatable bonds is 4. The number of carbonyl (C=O) groups is 1. The summed E-state index contributed by atoms with van der Waals surface area (Å²) in [6.45, 7) is 2.35.